The van der Waals surface area contributed by atoms with E-state index in [2.05, 4.69) is 10.6 Å². The summed E-state index contributed by atoms with van der Waals surface area (Å²) in [6.07, 6.45) is 0.919. The SMILES string of the molecule is CCCC(NC(=O)CC1Sc2ccc(Cl)cc2NC1=O)C(=O)O. The molecule has 8 heteroatoms. The van der Waals surface area contributed by atoms with Crippen molar-refractivity contribution in [1.29, 1.82) is 0 Å². The van der Waals surface area contributed by atoms with E-state index in [4.69, 9.17) is 16.7 Å². The van der Waals surface area contributed by atoms with Crippen LogP contribution in [0.3, 0.4) is 0 Å². The molecule has 1 aliphatic heterocycles. The van der Waals surface area contributed by atoms with Crippen LogP contribution in [0.15, 0.2) is 23.1 Å². The van der Waals surface area contributed by atoms with Gasteiger partial charge in [0, 0.05) is 16.3 Å². The number of aliphatic carboxylic acids is 1. The highest BCUT2D eigenvalue weighted by Crippen LogP contribution is 2.38. The van der Waals surface area contributed by atoms with Gasteiger partial charge in [-0.1, -0.05) is 24.9 Å². The average Bonchev–Trinajstić information content (AvgIpc) is 2.47. The number of anilines is 1. The first kappa shape index (κ1) is 17.6. The van der Waals surface area contributed by atoms with Gasteiger partial charge in [0.05, 0.1) is 10.9 Å². The lowest BCUT2D eigenvalue weighted by atomic mass is 10.1. The third-order valence-electron chi connectivity index (χ3n) is 3.34. The number of thioether (sulfide) groups is 1. The fourth-order valence-corrected chi connectivity index (χ4v) is 3.49. The van der Waals surface area contributed by atoms with Crippen LogP contribution in [0.2, 0.25) is 5.02 Å². The second kappa shape index (κ2) is 7.70. The van der Waals surface area contributed by atoms with Crippen LogP contribution >= 0.6 is 23.4 Å². The van der Waals surface area contributed by atoms with Crippen molar-refractivity contribution in [3.8, 4) is 0 Å². The lowest BCUT2D eigenvalue weighted by Gasteiger charge is -2.24. The van der Waals surface area contributed by atoms with Crippen molar-refractivity contribution in [2.75, 3.05) is 5.32 Å². The van der Waals surface area contributed by atoms with E-state index < -0.39 is 23.2 Å². The van der Waals surface area contributed by atoms with E-state index in [1.54, 1.807) is 18.2 Å². The van der Waals surface area contributed by atoms with E-state index in [1.165, 1.54) is 11.8 Å². The first-order chi connectivity index (χ1) is 10.9. The van der Waals surface area contributed by atoms with Gasteiger partial charge in [0.15, 0.2) is 0 Å². The number of fused-ring (bicyclic) bond motifs is 1. The monoisotopic (exact) mass is 356 g/mol. The van der Waals surface area contributed by atoms with E-state index in [1.807, 2.05) is 6.92 Å². The number of nitrogens with one attached hydrogen (secondary N) is 2. The van der Waals surface area contributed by atoms with Gasteiger partial charge in [-0.3, -0.25) is 9.59 Å². The minimum Gasteiger partial charge on any atom is -0.480 e. The fraction of sp³-hybridized carbons (Fsp3) is 0.400. The number of halogens is 1. The number of hydrogen-bond acceptors (Lipinski definition) is 4. The molecule has 1 aliphatic rings. The molecule has 124 valence electrons. The molecule has 2 unspecified atom stereocenters. The second-order valence-corrected chi connectivity index (χ2v) is 6.87. The molecule has 0 aliphatic carbocycles. The molecule has 2 rings (SSSR count). The predicted molar refractivity (Wildman–Crippen MR) is 88.8 cm³/mol. The molecule has 1 aromatic rings. The van der Waals surface area contributed by atoms with E-state index in [9.17, 15) is 14.4 Å². The molecule has 3 N–H and O–H groups in total. The quantitative estimate of drug-likeness (QED) is 0.728. The molecule has 0 radical (unpaired) electrons. The summed E-state index contributed by atoms with van der Waals surface area (Å²) in [5, 5.41) is 14.2. The first-order valence-electron chi connectivity index (χ1n) is 7.20. The Morgan fingerprint density at radius 1 is 1.48 bits per heavy atom. The highest BCUT2D eigenvalue weighted by molar-refractivity contribution is 8.01. The summed E-state index contributed by atoms with van der Waals surface area (Å²) in [6.45, 7) is 1.84. The van der Waals surface area contributed by atoms with Gasteiger partial charge in [0.1, 0.15) is 6.04 Å². The Balaban J connectivity index is 2.00. The molecule has 0 saturated heterocycles. The molecule has 1 heterocycles. The Morgan fingerprint density at radius 3 is 2.87 bits per heavy atom. The molecular weight excluding hydrogens is 340 g/mol. The normalized spacial score (nSPS) is 17.8. The molecular formula is C15H17ClN2O4S. The van der Waals surface area contributed by atoms with Crippen molar-refractivity contribution < 1.29 is 19.5 Å². The summed E-state index contributed by atoms with van der Waals surface area (Å²) >= 11 is 7.15. The molecule has 1 aromatic carbocycles. The maximum absolute atomic E-state index is 12.1. The number of carbonyl (C=O) groups excluding carboxylic acids is 2. The van der Waals surface area contributed by atoms with Crippen LogP contribution in [-0.2, 0) is 14.4 Å². The minimum atomic E-state index is -1.07. The summed E-state index contributed by atoms with van der Waals surface area (Å²) in [5.74, 6) is -1.81. The zero-order valence-corrected chi connectivity index (χ0v) is 14.0. The van der Waals surface area contributed by atoms with Crippen molar-refractivity contribution in [2.24, 2.45) is 0 Å². The van der Waals surface area contributed by atoms with Gasteiger partial charge in [-0.2, -0.15) is 0 Å². The summed E-state index contributed by atoms with van der Waals surface area (Å²) in [4.78, 5) is 36.0. The number of amides is 2. The fourth-order valence-electron chi connectivity index (χ4n) is 2.22. The Bertz CT molecular complexity index is 638. The van der Waals surface area contributed by atoms with Crippen LogP contribution in [0.25, 0.3) is 0 Å². The lowest BCUT2D eigenvalue weighted by molar-refractivity contribution is -0.142. The molecule has 0 saturated carbocycles. The number of carbonyl (C=O) groups is 3. The molecule has 6 nitrogen and oxygen atoms in total. The van der Waals surface area contributed by atoms with E-state index in [0.717, 1.165) is 4.90 Å². The second-order valence-electron chi connectivity index (χ2n) is 5.19. The van der Waals surface area contributed by atoms with Gasteiger partial charge in [0.25, 0.3) is 0 Å². The highest BCUT2D eigenvalue weighted by atomic mass is 35.5. The first-order valence-corrected chi connectivity index (χ1v) is 8.45. The van der Waals surface area contributed by atoms with E-state index in [0.29, 0.717) is 23.6 Å². The van der Waals surface area contributed by atoms with E-state index >= 15 is 0 Å². The van der Waals surface area contributed by atoms with Crippen molar-refractivity contribution in [1.82, 2.24) is 5.32 Å². The standard InChI is InChI=1S/C15H17ClN2O4S/c1-2-3-9(15(21)22)17-13(19)7-12-14(20)18-10-6-8(16)4-5-11(10)23-12/h4-6,9,12H,2-3,7H2,1H3,(H,17,19)(H,18,20)(H,21,22). The Hall–Kier alpha value is -1.73. The number of rotatable bonds is 6. The molecule has 0 spiro atoms. The van der Waals surface area contributed by atoms with Crippen LogP contribution < -0.4 is 10.6 Å². The van der Waals surface area contributed by atoms with Crippen LogP contribution in [-0.4, -0.2) is 34.2 Å². The predicted octanol–water partition coefficient (Wildman–Crippen LogP) is 2.51. The van der Waals surface area contributed by atoms with Gasteiger partial charge in [-0.25, -0.2) is 4.79 Å². The number of hydrogen-bond donors (Lipinski definition) is 3. The maximum Gasteiger partial charge on any atom is 0.326 e. The van der Waals surface area contributed by atoms with Crippen molar-refractivity contribution in [2.45, 2.75) is 42.4 Å². The van der Waals surface area contributed by atoms with Gasteiger partial charge in [-0.15, -0.1) is 11.8 Å². The summed E-state index contributed by atoms with van der Waals surface area (Å²) in [6, 6.07) is 4.23. The summed E-state index contributed by atoms with van der Waals surface area (Å²) in [5.41, 5.74) is 0.624. The third kappa shape index (κ3) is 4.62. The smallest absolute Gasteiger partial charge is 0.326 e. The Kier molecular flexibility index (Phi) is 5.90. The third-order valence-corrected chi connectivity index (χ3v) is 4.85. The number of carboxylic acid groups (broad SMARTS) is 1. The molecule has 0 bridgehead atoms. The maximum atomic E-state index is 12.1. The van der Waals surface area contributed by atoms with Gasteiger partial charge < -0.3 is 15.7 Å². The van der Waals surface area contributed by atoms with Crippen molar-refractivity contribution in [3.05, 3.63) is 23.2 Å². The molecule has 2 amide bonds. The van der Waals surface area contributed by atoms with Crippen molar-refractivity contribution in [3.63, 3.8) is 0 Å². The minimum absolute atomic E-state index is 0.0773. The molecule has 2 atom stereocenters. The average molecular weight is 357 g/mol. The van der Waals surface area contributed by atoms with Gasteiger partial charge in [0.2, 0.25) is 11.8 Å². The van der Waals surface area contributed by atoms with Gasteiger partial charge in [-0.05, 0) is 24.6 Å². The summed E-state index contributed by atoms with van der Waals surface area (Å²) in [7, 11) is 0. The Labute approximate surface area is 143 Å². The zero-order valence-electron chi connectivity index (χ0n) is 12.5. The Morgan fingerprint density at radius 2 is 2.22 bits per heavy atom. The lowest BCUT2D eigenvalue weighted by Crippen LogP contribution is -2.43. The largest absolute Gasteiger partial charge is 0.480 e. The topological polar surface area (TPSA) is 95.5 Å². The summed E-state index contributed by atoms with van der Waals surface area (Å²) < 4.78 is 0. The van der Waals surface area contributed by atoms with Crippen LogP contribution in [0, 0.1) is 0 Å². The number of carboxylic acids is 1. The highest BCUT2D eigenvalue weighted by Gasteiger charge is 2.30. The van der Waals surface area contributed by atoms with Crippen LogP contribution in [0.1, 0.15) is 26.2 Å². The zero-order chi connectivity index (χ0) is 17.0. The van der Waals surface area contributed by atoms with E-state index in [-0.39, 0.29) is 12.3 Å². The molecule has 23 heavy (non-hydrogen) atoms. The molecule has 0 aromatic heterocycles. The molecule has 0 fully saturated rings. The van der Waals surface area contributed by atoms with Crippen LogP contribution in [0.4, 0.5) is 5.69 Å². The number of benzene rings is 1. The van der Waals surface area contributed by atoms with Crippen molar-refractivity contribution >= 4 is 46.8 Å². The van der Waals surface area contributed by atoms with Gasteiger partial charge >= 0.3 is 5.97 Å². The van der Waals surface area contributed by atoms with Crippen LogP contribution in [0.5, 0.6) is 0 Å².